The van der Waals surface area contributed by atoms with Gasteiger partial charge >= 0.3 is 0 Å². The van der Waals surface area contributed by atoms with E-state index in [1.54, 1.807) is 37.4 Å². The quantitative estimate of drug-likeness (QED) is 0.330. The van der Waals surface area contributed by atoms with Gasteiger partial charge in [0, 0.05) is 31.2 Å². The van der Waals surface area contributed by atoms with Gasteiger partial charge in [0.05, 0.1) is 31.7 Å². The van der Waals surface area contributed by atoms with Crippen molar-refractivity contribution in [1.29, 1.82) is 0 Å². The van der Waals surface area contributed by atoms with E-state index < -0.39 is 15.9 Å². The summed E-state index contributed by atoms with van der Waals surface area (Å²) in [5, 5.41) is 0. The smallest absolute Gasteiger partial charge is 0.273 e. The topological polar surface area (TPSA) is 79.4 Å². The molecule has 0 radical (unpaired) electrons. The number of carbonyl (C=O) groups is 1. The van der Waals surface area contributed by atoms with E-state index in [-0.39, 0.29) is 49.2 Å². The summed E-state index contributed by atoms with van der Waals surface area (Å²) in [6, 6.07) is 13.3. The van der Waals surface area contributed by atoms with Crippen LogP contribution in [0, 0.1) is 19.3 Å². The summed E-state index contributed by atoms with van der Waals surface area (Å²) in [7, 11) is -2.19. The highest BCUT2D eigenvalue weighted by molar-refractivity contribution is 7.89. The Morgan fingerprint density at radius 2 is 1.55 bits per heavy atom. The molecular weight excluding hydrogens is 624 g/mol. The van der Waals surface area contributed by atoms with Crippen molar-refractivity contribution in [2.75, 3.05) is 53.0 Å². The first kappa shape index (κ1) is 34.3. The Bertz CT molecular complexity index is 1500. The van der Waals surface area contributed by atoms with Gasteiger partial charge < -0.3 is 14.4 Å². The van der Waals surface area contributed by atoms with Gasteiger partial charge in [0.25, 0.3) is 5.92 Å². The number of rotatable bonds is 9. The summed E-state index contributed by atoms with van der Waals surface area (Å²) in [6.07, 6.45) is 7.80. The summed E-state index contributed by atoms with van der Waals surface area (Å²) < 4.78 is 68.5. The van der Waals surface area contributed by atoms with Crippen LogP contribution in [-0.4, -0.2) is 93.4 Å². The Labute approximate surface area is 278 Å². The van der Waals surface area contributed by atoms with Crippen molar-refractivity contribution in [3.8, 4) is 5.75 Å². The zero-order valence-electron chi connectivity index (χ0n) is 28.0. The first-order valence-electron chi connectivity index (χ1n) is 17.1. The van der Waals surface area contributed by atoms with E-state index >= 15 is 0 Å². The number of likely N-dealkylation sites (tertiary alicyclic amines) is 2. The van der Waals surface area contributed by atoms with Crippen molar-refractivity contribution < 1.29 is 31.5 Å². The molecule has 0 N–H and O–H groups in total. The summed E-state index contributed by atoms with van der Waals surface area (Å²) in [6.45, 7) is 5.07. The van der Waals surface area contributed by atoms with Gasteiger partial charge in [0.15, 0.2) is 0 Å². The minimum atomic E-state index is -3.76. The number of hydrogen-bond acceptors (Lipinski definition) is 6. The molecule has 1 spiro atoms. The molecule has 258 valence electrons. The van der Waals surface area contributed by atoms with Crippen LogP contribution in [0.15, 0.2) is 47.4 Å². The second-order valence-corrected chi connectivity index (χ2v) is 16.2. The molecule has 8 nitrogen and oxygen atoms in total. The van der Waals surface area contributed by atoms with E-state index in [9.17, 15) is 22.0 Å². The molecule has 2 aromatic carbocycles. The number of amides is 1. The lowest BCUT2D eigenvalue weighted by atomic mass is 9.60. The molecule has 0 bridgehead atoms. The fraction of sp³-hybridized carbons (Fsp3) is 0.639. The number of alkyl halides is 2. The first-order chi connectivity index (χ1) is 22.4. The molecule has 1 unspecified atom stereocenters. The Kier molecular flexibility index (Phi) is 9.75. The third-order valence-electron chi connectivity index (χ3n) is 11.4. The average Bonchev–Trinajstić information content (AvgIpc) is 3.04. The van der Waals surface area contributed by atoms with E-state index in [0.29, 0.717) is 47.8 Å². The zero-order valence-corrected chi connectivity index (χ0v) is 28.8. The van der Waals surface area contributed by atoms with Crippen LogP contribution in [0.1, 0.15) is 74.5 Å². The molecule has 1 saturated carbocycles. The van der Waals surface area contributed by atoms with Crippen LogP contribution in [-0.2, 0) is 25.1 Å². The number of methoxy groups -OCH3 is 1. The normalized spacial score (nSPS) is 24.5. The maximum atomic E-state index is 14.0. The van der Waals surface area contributed by atoms with Gasteiger partial charge in [-0.05, 0) is 99.5 Å². The van der Waals surface area contributed by atoms with Crippen molar-refractivity contribution >= 4 is 15.9 Å². The van der Waals surface area contributed by atoms with E-state index in [2.05, 4.69) is 12.1 Å². The Balaban J connectivity index is 1.02. The number of sulfonamides is 1. The van der Waals surface area contributed by atoms with Crippen LogP contribution < -0.4 is 4.74 Å². The molecule has 3 heterocycles. The lowest BCUT2D eigenvalue weighted by Gasteiger charge is -2.57. The van der Waals surface area contributed by atoms with Gasteiger partial charge in [-0.25, -0.2) is 17.2 Å². The molecule has 1 atom stereocenters. The van der Waals surface area contributed by atoms with Gasteiger partial charge in [0.1, 0.15) is 12.4 Å². The lowest BCUT2D eigenvalue weighted by molar-refractivity contribution is -0.186. The SMILES string of the molecule is COc1cc(C)c(S(=O)(=O)N2CCCCC2COCC(=O)N2CCC3(CC2)CCC(c2ccccc2)(N2CC(F)(F)C2)CC3)c(C)c1. The predicted octanol–water partition coefficient (Wildman–Crippen LogP) is 5.90. The summed E-state index contributed by atoms with van der Waals surface area (Å²) in [4.78, 5) is 17.4. The third-order valence-corrected chi connectivity index (χ3v) is 13.7. The Morgan fingerprint density at radius 3 is 2.15 bits per heavy atom. The highest BCUT2D eigenvalue weighted by Gasteiger charge is 2.56. The summed E-state index contributed by atoms with van der Waals surface area (Å²) >= 11 is 0. The second-order valence-electron chi connectivity index (χ2n) is 14.4. The molecular formula is C36H49F2N3O5S. The Morgan fingerprint density at radius 1 is 0.915 bits per heavy atom. The number of halogens is 2. The molecule has 11 heteroatoms. The van der Waals surface area contributed by atoms with Crippen molar-refractivity contribution in [1.82, 2.24) is 14.1 Å². The molecule has 0 aromatic heterocycles. The first-order valence-corrected chi connectivity index (χ1v) is 18.5. The number of benzene rings is 2. The zero-order chi connectivity index (χ0) is 33.5. The van der Waals surface area contributed by atoms with Crippen molar-refractivity contribution in [2.45, 2.75) is 94.0 Å². The fourth-order valence-electron chi connectivity index (χ4n) is 8.66. The summed E-state index contributed by atoms with van der Waals surface area (Å²) in [5.41, 5.74) is 2.21. The molecule has 47 heavy (non-hydrogen) atoms. The van der Waals surface area contributed by atoms with Crippen molar-refractivity contribution in [3.05, 3.63) is 59.2 Å². The highest BCUT2D eigenvalue weighted by Crippen LogP contribution is 2.55. The molecule has 1 amide bonds. The highest BCUT2D eigenvalue weighted by atomic mass is 32.2. The number of hydrogen-bond donors (Lipinski definition) is 0. The lowest BCUT2D eigenvalue weighted by Crippen LogP contribution is -2.65. The van der Waals surface area contributed by atoms with E-state index in [1.165, 1.54) is 0 Å². The van der Waals surface area contributed by atoms with Crippen molar-refractivity contribution in [2.24, 2.45) is 5.41 Å². The Hall–Kier alpha value is -2.60. The van der Waals surface area contributed by atoms with Crippen LogP contribution in [0.2, 0.25) is 0 Å². The van der Waals surface area contributed by atoms with Crippen LogP contribution in [0.4, 0.5) is 8.78 Å². The molecule has 2 aromatic rings. The van der Waals surface area contributed by atoms with E-state index in [4.69, 9.17) is 9.47 Å². The molecule has 1 aliphatic carbocycles. The predicted molar refractivity (Wildman–Crippen MR) is 176 cm³/mol. The van der Waals surface area contributed by atoms with Crippen LogP contribution in [0.5, 0.6) is 5.75 Å². The fourth-order valence-corrected chi connectivity index (χ4v) is 10.8. The van der Waals surface area contributed by atoms with Gasteiger partial charge in [-0.2, -0.15) is 4.31 Å². The van der Waals surface area contributed by atoms with Crippen LogP contribution >= 0.6 is 0 Å². The van der Waals surface area contributed by atoms with Gasteiger partial charge in [-0.15, -0.1) is 0 Å². The number of piperidine rings is 2. The van der Waals surface area contributed by atoms with Gasteiger partial charge in [-0.3, -0.25) is 9.69 Å². The number of ether oxygens (including phenoxy) is 2. The minimum Gasteiger partial charge on any atom is -0.497 e. The maximum Gasteiger partial charge on any atom is 0.273 e. The van der Waals surface area contributed by atoms with Crippen LogP contribution in [0.25, 0.3) is 0 Å². The number of nitrogens with zero attached hydrogens (tertiary/aromatic N) is 3. The minimum absolute atomic E-state index is 0.0656. The standard InChI is InChI=1S/C36H49F2N3O5S/c1-27-21-31(45-3)22-28(2)33(27)47(43,44)41-18-8-7-11-30(41)23-46-24-32(42)39-19-16-34(17-20-39)12-14-35(15-13-34,29-9-5-4-6-10-29)40-25-36(37,38)26-40/h4-6,9-10,21-22,30H,7-8,11-20,23-26H2,1-3H3. The molecule has 3 saturated heterocycles. The van der Waals surface area contributed by atoms with Gasteiger partial charge in [-0.1, -0.05) is 36.8 Å². The number of aryl methyl sites for hydroxylation is 2. The molecule has 4 fully saturated rings. The largest absolute Gasteiger partial charge is 0.497 e. The molecule has 3 aliphatic heterocycles. The maximum absolute atomic E-state index is 14.0. The second kappa shape index (κ2) is 13.4. The van der Waals surface area contributed by atoms with Gasteiger partial charge in [0.2, 0.25) is 15.9 Å². The molecule has 6 rings (SSSR count). The van der Waals surface area contributed by atoms with Crippen molar-refractivity contribution in [3.63, 3.8) is 0 Å². The monoisotopic (exact) mass is 673 g/mol. The van der Waals surface area contributed by atoms with E-state index in [1.807, 2.05) is 28.0 Å². The van der Waals surface area contributed by atoms with Crippen LogP contribution in [0.3, 0.4) is 0 Å². The summed E-state index contributed by atoms with van der Waals surface area (Å²) in [5.74, 6) is -2.05. The average molecular weight is 674 g/mol. The third kappa shape index (κ3) is 6.82. The van der Waals surface area contributed by atoms with E-state index in [0.717, 1.165) is 56.9 Å². The number of carbonyl (C=O) groups excluding carboxylic acids is 1. The molecule has 4 aliphatic rings.